The minimum Gasteiger partial charge on any atom is -0.352 e. The highest BCUT2D eigenvalue weighted by molar-refractivity contribution is 6.22. The number of hydrogen-bond donors (Lipinski definition) is 0. The summed E-state index contributed by atoms with van der Waals surface area (Å²) in [6.45, 7) is 3.80. The van der Waals surface area contributed by atoms with Gasteiger partial charge in [0.25, 0.3) is 11.8 Å². The number of carbonyl (C=O) groups excluding carboxylic acids is 3. The van der Waals surface area contributed by atoms with Gasteiger partial charge in [0.2, 0.25) is 5.91 Å². The van der Waals surface area contributed by atoms with Crippen LogP contribution in [0.25, 0.3) is 11.0 Å². The van der Waals surface area contributed by atoms with Crippen molar-refractivity contribution in [3.63, 3.8) is 0 Å². The summed E-state index contributed by atoms with van der Waals surface area (Å²) in [4.78, 5) is 52.5. The highest BCUT2D eigenvalue weighted by Gasteiger charge is 2.42. The van der Waals surface area contributed by atoms with Gasteiger partial charge in [0.05, 0.1) is 28.4 Å². The number of anilines is 1. The standard InChI is InChI=1S/C23H21N5O3/c1-15(28-22(30)16-6-2-3-7-17(16)23(28)31)21(29)27-12-10-26(11-13-27)20-14-24-18-8-4-5-9-19(18)25-20/h2-9,14-15H,10-13H2,1H3. The molecule has 2 aromatic carbocycles. The molecule has 3 aromatic rings. The van der Waals surface area contributed by atoms with Crippen molar-refractivity contribution < 1.29 is 14.4 Å². The minimum absolute atomic E-state index is 0.223. The zero-order valence-corrected chi connectivity index (χ0v) is 17.1. The molecule has 31 heavy (non-hydrogen) atoms. The average molecular weight is 415 g/mol. The van der Waals surface area contributed by atoms with Gasteiger partial charge in [-0.2, -0.15) is 0 Å². The van der Waals surface area contributed by atoms with E-state index >= 15 is 0 Å². The van der Waals surface area contributed by atoms with Gasteiger partial charge in [-0.1, -0.05) is 24.3 Å². The lowest BCUT2D eigenvalue weighted by Crippen LogP contribution is -2.55. The van der Waals surface area contributed by atoms with Crippen LogP contribution in [0.4, 0.5) is 5.82 Å². The van der Waals surface area contributed by atoms with Crippen molar-refractivity contribution in [2.45, 2.75) is 13.0 Å². The molecule has 156 valence electrons. The number of amides is 3. The molecule has 5 rings (SSSR count). The number of imide groups is 1. The molecule has 1 fully saturated rings. The molecule has 1 saturated heterocycles. The minimum atomic E-state index is -0.848. The van der Waals surface area contributed by atoms with E-state index in [1.165, 1.54) is 0 Å². The maximum absolute atomic E-state index is 13.1. The first-order chi connectivity index (χ1) is 15.0. The van der Waals surface area contributed by atoms with Gasteiger partial charge >= 0.3 is 0 Å². The van der Waals surface area contributed by atoms with E-state index in [1.807, 2.05) is 24.3 Å². The van der Waals surface area contributed by atoms with Crippen LogP contribution in [0, 0.1) is 0 Å². The fourth-order valence-electron chi connectivity index (χ4n) is 4.19. The first-order valence-corrected chi connectivity index (χ1v) is 10.3. The summed E-state index contributed by atoms with van der Waals surface area (Å²) in [5.41, 5.74) is 2.38. The van der Waals surface area contributed by atoms with E-state index in [4.69, 9.17) is 0 Å². The Morgan fingerprint density at radius 3 is 2.10 bits per heavy atom. The fourth-order valence-corrected chi connectivity index (χ4v) is 4.19. The lowest BCUT2D eigenvalue weighted by atomic mass is 10.1. The Balaban J connectivity index is 1.27. The number of benzene rings is 2. The van der Waals surface area contributed by atoms with E-state index in [0.29, 0.717) is 37.3 Å². The number of rotatable bonds is 3. The van der Waals surface area contributed by atoms with Crippen molar-refractivity contribution in [2.24, 2.45) is 0 Å². The Morgan fingerprint density at radius 2 is 1.45 bits per heavy atom. The molecule has 0 saturated carbocycles. The number of hydrogen-bond acceptors (Lipinski definition) is 6. The van der Waals surface area contributed by atoms with Crippen molar-refractivity contribution in [1.29, 1.82) is 0 Å². The van der Waals surface area contributed by atoms with Crippen molar-refractivity contribution in [3.05, 3.63) is 65.9 Å². The quantitative estimate of drug-likeness (QED) is 0.608. The smallest absolute Gasteiger partial charge is 0.262 e. The number of para-hydroxylation sites is 2. The van der Waals surface area contributed by atoms with Gasteiger partial charge in [0.1, 0.15) is 11.9 Å². The molecule has 3 heterocycles. The predicted molar refractivity (Wildman–Crippen MR) is 115 cm³/mol. The lowest BCUT2D eigenvalue weighted by Gasteiger charge is -2.37. The third-order valence-electron chi connectivity index (χ3n) is 5.92. The molecule has 0 N–H and O–H groups in total. The molecule has 1 unspecified atom stereocenters. The van der Waals surface area contributed by atoms with E-state index < -0.39 is 17.9 Å². The Morgan fingerprint density at radius 1 is 0.871 bits per heavy atom. The molecular formula is C23H21N5O3. The molecule has 3 amide bonds. The van der Waals surface area contributed by atoms with Crippen molar-refractivity contribution in [3.8, 4) is 0 Å². The summed E-state index contributed by atoms with van der Waals surface area (Å²) in [5.74, 6) is -0.268. The van der Waals surface area contributed by atoms with E-state index in [-0.39, 0.29) is 5.91 Å². The Hall–Kier alpha value is -3.81. The second kappa shape index (κ2) is 7.46. The number of carbonyl (C=O) groups is 3. The largest absolute Gasteiger partial charge is 0.352 e. The first kappa shape index (κ1) is 19.2. The molecule has 1 atom stereocenters. The number of nitrogens with zero attached hydrogens (tertiary/aromatic N) is 5. The van der Waals surface area contributed by atoms with Crippen LogP contribution in [0.5, 0.6) is 0 Å². The summed E-state index contributed by atoms with van der Waals surface area (Å²) in [7, 11) is 0. The summed E-state index contributed by atoms with van der Waals surface area (Å²) >= 11 is 0. The summed E-state index contributed by atoms with van der Waals surface area (Å²) in [5, 5.41) is 0. The van der Waals surface area contributed by atoms with Crippen molar-refractivity contribution >= 4 is 34.6 Å². The Kier molecular flexibility index (Phi) is 4.62. The highest BCUT2D eigenvalue weighted by Crippen LogP contribution is 2.25. The molecule has 0 aliphatic carbocycles. The van der Waals surface area contributed by atoms with E-state index in [1.54, 1.807) is 42.3 Å². The van der Waals surface area contributed by atoms with Crippen LogP contribution in [0.1, 0.15) is 27.6 Å². The van der Waals surface area contributed by atoms with Gasteiger partial charge < -0.3 is 9.80 Å². The zero-order chi connectivity index (χ0) is 21.5. The average Bonchev–Trinajstić information content (AvgIpc) is 3.08. The molecule has 0 radical (unpaired) electrons. The normalized spacial score (nSPS) is 17.3. The summed E-state index contributed by atoms with van der Waals surface area (Å²) in [6.07, 6.45) is 1.75. The summed E-state index contributed by atoms with van der Waals surface area (Å²) < 4.78 is 0. The number of piperazine rings is 1. The number of fused-ring (bicyclic) bond motifs is 2. The van der Waals surface area contributed by atoms with Crippen LogP contribution in [-0.4, -0.2) is 69.7 Å². The Bertz CT molecular complexity index is 1170. The highest BCUT2D eigenvalue weighted by atomic mass is 16.2. The molecule has 0 bridgehead atoms. The molecule has 0 spiro atoms. The van der Waals surface area contributed by atoms with Crippen LogP contribution in [-0.2, 0) is 4.79 Å². The molecule has 8 nitrogen and oxygen atoms in total. The van der Waals surface area contributed by atoms with E-state index in [2.05, 4.69) is 14.9 Å². The van der Waals surface area contributed by atoms with Crippen LogP contribution in [0.2, 0.25) is 0 Å². The molecular weight excluding hydrogens is 394 g/mol. The van der Waals surface area contributed by atoms with E-state index in [0.717, 1.165) is 21.8 Å². The van der Waals surface area contributed by atoms with Gasteiger partial charge in [-0.25, -0.2) is 4.98 Å². The van der Waals surface area contributed by atoms with Crippen LogP contribution in [0.15, 0.2) is 54.7 Å². The third kappa shape index (κ3) is 3.20. The van der Waals surface area contributed by atoms with Gasteiger partial charge in [0, 0.05) is 26.2 Å². The van der Waals surface area contributed by atoms with Crippen molar-refractivity contribution in [1.82, 2.24) is 19.8 Å². The van der Waals surface area contributed by atoms with Gasteiger partial charge in [-0.05, 0) is 31.2 Å². The zero-order valence-electron chi connectivity index (χ0n) is 17.1. The molecule has 2 aliphatic rings. The van der Waals surface area contributed by atoms with Gasteiger partial charge in [-0.3, -0.25) is 24.3 Å². The fraction of sp³-hybridized carbons (Fsp3) is 0.261. The predicted octanol–water partition coefficient (Wildman–Crippen LogP) is 1.96. The van der Waals surface area contributed by atoms with Gasteiger partial charge in [-0.15, -0.1) is 0 Å². The van der Waals surface area contributed by atoms with Crippen LogP contribution < -0.4 is 4.90 Å². The Labute approximate surface area is 179 Å². The lowest BCUT2D eigenvalue weighted by molar-refractivity contribution is -0.135. The van der Waals surface area contributed by atoms with Crippen LogP contribution >= 0.6 is 0 Å². The molecule has 1 aromatic heterocycles. The SMILES string of the molecule is CC(C(=O)N1CCN(c2cnc3ccccc3n2)CC1)N1C(=O)c2ccccc2C1=O. The topological polar surface area (TPSA) is 86.7 Å². The van der Waals surface area contributed by atoms with E-state index in [9.17, 15) is 14.4 Å². The van der Waals surface area contributed by atoms with Gasteiger partial charge in [0.15, 0.2) is 0 Å². The number of aromatic nitrogens is 2. The van der Waals surface area contributed by atoms with Crippen molar-refractivity contribution in [2.75, 3.05) is 31.1 Å². The monoisotopic (exact) mass is 415 g/mol. The summed E-state index contributed by atoms with van der Waals surface area (Å²) in [6, 6.07) is 13.5. The molecule has 2 aliphatic heterocycles. The third-order valence-corrected chi connectivity index (χ3v) is 5.92. The maximum Gasteiger partial charge on any atom is 0.262 e. The molecule has 8 heteroatoms. The second-order valence-corrected chi connectivity index (χ2v) is 7.73. The second-order valence-electron chi connectivity index (χ2n) is 7.73. The first-order valence-electron chi connectivity index (χ1n) is 10.3. The van der Waals surface area contributed by atoms with Crippen LogP contribution in [0.3, 0.4) is 0 Å². The maximum atomic E-state index is 13.1.